The summed E-state index contributed by atoms with van der Waals surface area (Å²) >= 11 is 6.05. The van der Waals surface area contributed by atoms with Gasteiger partial charge < -0.3 is 10.2 Å². The summed E-state index contributed by atoms with van der Waals surface area (Å²) in [5.74, 6) is -0.352. The zero-order valence-electron chi connectivity index (χ0n) is 15.2. The lowest BCUT2D eigenvalue weighted by molar-refractivity contribution is -0.131. The normalized spacial score (nSPS) is 18.3. The molecule has 3 amide bonds. The zero-order chi connectivity index (χ0) is 19.4. The average Bonchev–Trinajstić information content (AvgIpc) is 2.66. The van der Waals surface area contributed by atoms with Crippen molar-refractivity contribution in [3.8, 4) is 0 Å². The lowest BCUT2D eigenvalue weighted by Gasteiger charge is -2.35. The molecule has 0 aliphatic carbocycles. The molecular weight excluding hydrogens is 370 g/mol. The Morgan fingerprint density at radius 1 is 1.15 bits per heavy atom. The van der Waals surface area contributed by atoms with Gasteiger partial charge in [-0.1, -0.05) is 23.7 Å². The van der Waals surface area contributed by atoms with Gasteiger partial charge in [-0.25, -0.2) is 5.01 Å². The summed E-state index contributed by atoms with van der Waals surface area (Å²) in [7, 11) is 1.56. The van der Waals surface area contributed by atoms with Gasteiger partial charge in [-0.2, -0.15) is 5.10 Å². The van der Waals surface area contributed by atoms with Crippen LogP contribution in [0.15, 0.2) is 29.4 Å². The molecule has 1 N–H and O–H groups in total. The Kier molecular flexibility index (Phi) is 6.08. The highest BCUT2D eigenvalue weighted by molar-refractivity contribution is 6.39. The number of hydrogen-bond acceptors (Lipinski definition) is 5. The smallest absolute Gasteiger partial charge is 0.270 e. The Labute approximate surface area is 162 Å². The number of halogens is 1. The van der Waals surface area contributed by atoms with Crippen molar-refractivity contribution in [1.82, 2.24) is 14.8 Å². The zero-order valence-corrected chi connectivity index (χ0v) is 15.9. The molecule has 2 aliphatic heterocycles. The minimum atomic E-state index is -0.139. The second-order valence-electron chi connectivity index (χ2n) is 6.56. The molecule has 0 spiro atoms. The first-order valence-corrected chi connectivity index (χ1v) is 9.22. The molecule has 3 rings (SSSR count). The molecule has 0 aromatic heterocycles. The molecule has 0 saturated carbocycles. The first-order chi connectivity index (χ1) is 12.9. The fourth-order valence-electron chi connectivity index (χ4n) is 3.07. The lowest BCUT2D eigenvalue weighted by atomic mass is 10.1. The number of carbonyl (C=O) groups is 3. The summed E-state index contributed by atoms with van der Waals surface area (Å²) < 4.78 is 0. The molecule has 144 valence electrons. The van der Waals surface area contributed by atoms with Gasteiger partial charge in [0.15, 0.2) is 0 Å². The van der Waals surface area contributed by atoms with Crippen LogP contribution in [0.2, 0.25) is 5.02 Å². The predicted octanol–water partition coefficient (Wildman–Crippen LogP) is 1.03. The maximum Gasteiger partial charge on any atom is 0.270 e. The van der Waals surface area contributed by atoms with Crippen LogP contribution in [0.5, 0.6) is 0 Å². The first kappa shape index (κ1) is 19.3. The number of carbonyl (C=O) groups excluding carboxylic acids is 3. The topological polar surface area (TPSA) is 85.3 Å². The number of piperazine rings is 1. The fraction of sp³-hybridized carbons (Fsp3) is 0.444. The molecule has 8 nitrogen and oxygen atoms in total. The van der Waals surface area contributed by atoms with Crippen LogP contribution in [0.25, 0.3) is 0 Å². The number of nitrogens with zero attached hydrogens (tertiary/aromatic N) is 4. The van der Waals surface area contributed by atoms with E-state index in [0.29, 0.717) is 55.4 Å². The number of rotatable bonds is 4. The number of hydrazone groups is 1. The van der Waals surface area contributed by atoms with Crippen LogP contribution in [0, 0.1) is 0 Å². The molecule has 1 aromatic rings. The summed E-state index contributed by atoms with van der Waals surface area (Å²) in [6.45, 7) is 2.49. The molecule has 0 radical (unpaired) electrons. The van der Waals surface area contributed by atoms with E-state index in [1.165, 1.54) is 5.01 Å². The third-order valence-electron chi connectivity index (χ3n) is 4.63. The van der Waals surface area contributed by atoms with E-state index in [1.54, 1.807) is 30.1 Å². The Bertz CT molecular complexity index is 774. The van der Waals surface area contributed by atoms with E-state index in [1.807, 2.05) is 11.0 Å². The molecule has 2 aliphatic rings. The highest BCUT2D eigenvalue weighted by Crippen LogP contribution is 2.20. The summed E-state index contributed by atoms with van der Waals surface area (Å²) in [4.78, 5) is 40.0. The Hall–Kier alpha value is -2.45. The highest BCUT2D eigenvalue weighted by Gasteiger charge is 2.28. The fourth-order valence-corrected chi connectivity index (χ4v) is 3.25. The summed E-state index contributed by atoms with van der Waals surface area (Å²) in [6, 6.07) is 7.09. The Morgan fingerprint density at radius 3 is 2.52 bits per heavy atom. The van der Waals surface area contributed by atoms with E-state index >= 15 is 0 Å². The first-order valence-electron chi connectivity index (χ1n) is 8.84. The molecule has 0 bridgehead atoms. The molecule has 1 aromatic carbocycles. The van der Waals surface area contributed by atoms with Gasteiger partial charge >= 0.3 is 0 Å². The number of benzene rings is 1. The van der Waals surface area contributed by atoms with Crippen LogP contribution in [0.1, 0.15) is 12.8 Å². The predicted molar refractivity (Wildman–Crippen MR) is 103 cm³/mol. The van der Waals surface area contributed by atoms with Crippen LogP contribution in [-0.2, 0) is 14.4 Å². The van der Waals surface area contributed by atoms with Gasteiger partial charge in [0.05, 0.1) is 17.3 Å². The maximum absolute atomic E-state index is 12.6. The minimum absolute atomic E-state index is 0.0825. The molecule has 27 heavy (non-hydrogen) atoms. The van der Waals surface area contributed by atoms with Crippen molar-refractivity contribution in [1.29, 1.82) is 0 Å². The van der Waals surface area contributed by atoms with Gasteiger partial charge in [-0.05, 0) is 12.1 Å². The summed E-state index contributed by atoms with van der Waals surface area (Å²) in [6.07, 6.45) is 0.686. The minimum Gasteiger partial charge on any atom is -0.335 e. The number of para-hydroxylation sites is 1. The van der Waals surface area contributed by atoms with E-state index < -0.39 is 0 Å². The van der Waals surface area contributed by atoms with Crippen molar-refractivity contribution in [2.45, 2.75) is 12.8 Å². The van der Waals surface area contributed by atoms with Gasteiger partial charge in [-0.3, -0.25) is 19.3 Å². The van der Waals surface area contributed by atoms with E-state index in [-0.39, 0.29) is 24.3 Å². The third-order valence-corrected chi connectivity index (χ3v) is 4.96. The standard InChI is InChI=1S/C18H22ClN5O3/c1-22-17(26)7-6-15(21-22)18(27)24-10-8-23(9-11-24)12-16(25)20-14-5-3-2-4-13(14)19/h2-5H,6-12H2,1H3,(H,20,25). The molecule has 1 saturated heterocycles. The van der Waals surface area contributed by atoms with Gasteiger partial charge in [0.25, 0.3) is 5.91 Å². The molecule has 1 fully saturated rings. The third kappa shape index (κ3) is 4.84. The Morgan fingerprint density at radius 2 is 1.85 bits per heavy atom. The van der Waals surface area contributed by atoms with Gasteiger partial charge in [0, 0.05) is 46.1 Å². The number of anilines is 1. The van der Waals surface area contributed by atoms with Crippen molar-refractivity contribution < 1.29 is 14.4 Å². The number of hydrogen-bond donors (Lipinski definition) is 1. The van der Waals surface area contributed by atoms with Gasteiger partial charge in [-0.15, -0.1) is 0 Å². The maximum atomic E-state index is 12.6. The summed E-state index contributed by atoms with van der Waals surface area (Å²) in [5.41, 5.74) is 1.01. The van der Waals surface area contributed by atoms with Crippen molar-refractivity contribution >= 4 is 40.7 Å². The number of amides is 3. The van der Waals surface area contributed by atoms with Crippen LogP contribution in [0.3, 0.4) is 0 Å². The summed E-state index contributed by atoms with van der Waals surface area (Å²) in [5, 5.41) is 8.61. The molecule has 0 atom stereocenters. The van der Waals surface area contributed by atoms with E-state index in [0.717, 1.165) is 0 Å². The van der Waals surface area contributed by atoms with Gasteiger partial charge in [0.1, 0.15) is 5.71 Å². The van der Waals surface area contributed by atoms with Crippen LogP contribution in [-0.4, -0.2) is 78.0 Å². The van der Waals surface area contributed by atoms with Crippen molar-refractivity contribution in [2.24, 2.45) is 5.10 Å². The highest BCUT2D eigenvalue weighted by atomic mass is 35.5. The van der Waals surface area contributed by atoms with E-state index in [9.17, 15) is 14.4 Å². The van der Waals surface area contributed by atoms with E-state index in [2.05, 4.69) is 10.4 Å². The monoisotopic (exact) mass is 391 g/mol. The second-order valence-corrected chi connectivity index (χ2v) is 6.97. The quantitative estimate of drug-likeness (QED) is 0.830. The van der Waals surface area contributed by atoms with Crippen molar-refractivity contribution in [3.05, 3.63) is 29.3 Å². The molecule has 2 heterocycles. The van der Waals surface area contributed by atoms with Gasteiger partial charge in [0.2, 0.25) is 11.8 Å². The van der Waals surface area contributed by atoms with Crippen LogP contribution >= 0.6 is 11.6 Å². The second kappa shape index (κ2) is 8.49. The molecule has 0 unspecified atom stereocenters. The number of nitrogens with one attached hydrogen (secondary N) is 1. The van der Waals surface area contributed by atoms with E-state index in [4.69, 9.17) is 11.6 Å². The molecule has 9 heteroatoms. The Balaban J connectivity index is 1.48. The molecular formula is C18H22ClN5O3. The van der Waals surface area contributed by atoms with Crippen molar-refractivity contribution in [2.75, 3.05) is 45.1 Å². The van der Waals surface area contributed by atoms with Crippen molar-refractivity contribution in [3.63, 3.8) is 0 Å². The largest absolute Gasteiger partial charge is 0.335 e. The lowest BCUT2D eigenvalue weighted by Crippen LogP contribution is -2.52. The van der Waals surface area contributed by atoms with Crippen LogP contribution < -0.4 is 5.32 Å². The SMILES string of the molecule is CN1N=C(C(=O)N2CCN(CC(=O)Nc3ccccc3Cl)CC2)CCC1=O. The average molecular weight is 392 g/mol. The van der Waals surface area contributed by atoms with Crippen LogP contribution in [0.4, 0.5) is 5.69 Å².